The van der Waals surface area contributed by atoms with Crippen LogP contribution >= 0.6 is 23.2 Å². The number of fused-ring (bicyclic) bond motifs is 1. The van der Waals surface area contributed by atoms with Crippen molar-refractivity contribution in [2.45, 2.75) is 11.3 Å². The maximum Gasteiger partial charge on any atom is 0.240 e. The van der Waals surface area contributed by atoms with Crippen LogP contribution in [-0.4, -0.2) is 28.2 Å². The maximum absolute atomic E-state index is 12.4. The van der Waals surface area contributed by atoms with Gasteiger partial charge in [0.15, 0.2) is 11.5 Å². The first kappa shape index (κ1) is 17.4. The molecule has 0 unspecified atom stereocenters. The Bertz CT molecular complexity index is 855. The summed E-state index contributed by atoms with van der Waals surface area (Å²) < 4.78 is 38.1. The standard InChI is InChI=1S/C16H15Cl2NO4S/c17-12-2-1-11(14(18)9-12)5-6-19-24(20,21)13-3-4-15-16(10-13)23-8-7-22-15/h1-4,9-10,19H,5-8H2. The maximum atomic E-state index is 12.4. The van der Waals surface area contributed by atoms with Crippen molar-refractivity contribution in [3.05, 3.63) is 52.0 Å². The van der Waals surface area contributed by atoms with Gasteiger partial charge in [0, 0.05) is 22.7 Å². The summed E-state index contributed by atoms with van der Waals surface area (Å²) in [4.78, 5) is 0.133. The molecule has 0 spiro atoms. The third-order valence-corrected chi connectivity index (χ3v) is 5.57. The van der Waals surface area contributed by atoms with Crippen molar-refractivity contribution in [1.29, 1.82) is 0 Å². The zero-order chi connectivity index (χ0) is 17.2. The number of benzene rings is 2. The van der Waals surface area contributed by atoms with Crippen LogP contribution in [-0.2, 0) is 16.4 Å². The van der Waals surface area contributed by atoms with E-state index in [0.29, 0.717) is 41.2 Å². The Morgan fingerprint density at radius 3 is 2.50 bits per heavy atom. The highest BCUT2D eigenvalue weighted by atomic mass is 35.5. The van der Waals surface area contributed by atoms with Crippen LogP contribution in [0.5, 0.6) is 11.5 Å². The zero-order valence-electron chi connectivity index (χ0n) is 12.6. The largest absolute Gasteiger partial charge is 0.486 e. The van der Waals surface area contributed by atoms with Crippen molar-refractivity contribution < 1.29 is 17.9 Å². The van der Waals surface area contributed by atoms with E-state index in [1.165, 1.54) is 12.1 Å². The zero-order valence-corrected chi connectivity index (χ0v) is 14.9. The number of nitrogens with one attached hydrogen (secondary N) is 1. The average Bonchev–Trinajstić information content (AvgIpc) is 2.56. The Kier molecular flexibility index (Phi) is 5.20. The molecule has 128 valence electrons. The van der Waals surface area contributed by atoms with Crippen LogP contribution in [0.25, 0.3) is 0 Å². The molecule has 0 aromatic heterocycles. The molecular formula is C16H15Cl2NO4S. The van der Waals surface area contributed by atoms with Gasteiger partial charge in [0.25, 0.3) is 0 Å². The second-order valence-electron chi connectivity index (χ2n) is 5.19. The predicted molar refractivity (Wildman–Crippen MR) is 92.8 cm³/mol. The summed E-state index contributed by atoms with van der Waals surface area (Å²) in [6.45, 7) is 1.08. The summed E-state index contributed by atoms with van der Waals surface area (Å²) in [6.07, 6.45) is 0.458. The second-order valence-corrected chi connectivity index (χ2v) is 7.80. The summed E-state index contributed by atoms with van der Waals surface area (Å²) in [5.41, 5.74) is 0.825. The van der Waals surface area contributed by atoms with Crippen molar-refractivity contribution >= 4 is 33.2 Å². The Balaban J connectivity index is 1.68. The lowest BCUT2D eigenvalue weighted by molar-refractivity contribution is 0.171. The van der Waals surface area contributed by atoms with Crippen LogP contribution in [0.2, 0.25) is 10.0 Å². The average molecular weight is 388 g/mol. The van der Waals surface area contributed by atoms with Crippen molar-refractivity contribution in [1.82, 2.24) is 4.72 Å². The van der Waals surface area contributed by atoms with Crippen LogP contribution in [0.15, 0.2) is 41.3 Å². The highest BCUT2D eigenvalue weighted by Gasteiger charge is 2.19. The van der Waals surface area contributed by atoms with Gasteiger partial charge in [-0.1, -0.05) is 29.3 Å². The summed E-state index contributed by atoms with van der Waals surface area (Å²) in [6, 6.07) is 9.69. The highest BCUT2D eigenvalue weighted by molar-refractivity contribution is 7.89. The van der Waals surface area contributed by atoms with E-state index in [9.17, 15) is 8.42 Å². The minimum absolute atomic E-state index is 0.133. The molecule has 0 atom stereocenters. The second kappa shape index (κ2) is 7.19. The molecule has 0 radical (unpaired) electrons. The van der Waals surface area contributed by atoms with Crippen LogP contribution in [0.4, 0.5) is 0 Å². The van der Waals surface area contributed by atoms with Gasteiger partial charge in [-0.15, -0.1) is 0 Å². The Labute approximate surface area is 150 Å². The molecule has 5 nitrogen and oxygen atoms in total. The molecule has 0 aliphatic carbocycles. The first-order valence-corrected chi connectivity index (χ1v) is 9.53. The number of sulfonamides is 1. The van der Waals surface area contributed by atoms with Crippen molar-refractivity contribution in [3.8, 4) is 11.5 Å². The topological polar surface area (TPSA) is 64.6 Å². The third kappa shape index (κ3) is 3.95. The van der Waals surface area contributed by atoms with E-state index >= 15 is 0 Å². The smallest absolute Gasteiger partial charge is 0.240 e. The van der Waals surface area contributed by atoms with E-state index in [2.05, 4.69) is 4.72 Å². The van der Waals surface area contributed by atoms with Gasteiger partial charge in [-0.25, -0.2) is 13.1 Å². The summed E-state index contributed by atoms with van der Waals surface area (Å²) in [7, 11) is -3.64. The molecule has 2 aromatic rings. The number of hydrogen-bond donors (Lipinski definition) is 1. The van der Waals surface area contributed by atoms with Crippen LogP contribution < -0.4 is 14.2 Å². The van der Waals surface area contributed by atoms with Gasteiger partial charge < -0.3 is 9.47 Å². The van der Waals surface area contributed by atoms with E-state index in [-0.39, 0.29) is 11.4 Å². The number of ether oxygens (including phenoxy) is 2. The van der Waals surface area contributed by atoms with E-state index in [1.807, 2.05) is 0 Å². The minimum atomic E-state index is -3.64. The van der Waals surface area contributed by atoms with E-state index < -0.39 is 10.0 Å². The first-order valence-electron chi connectivity index (χ1n) is 7.29. The molecule has 1 N–H and O–H groups in total. The normalized spacial score (nSPS) is 13.8. The molecule has 8 heteroatoms. The molecule has 24 heavy (non-hydrogen) atoms. The monoisotopic (exact) mass is 387 g/mol. The highest BCUT2D eigenvalue weighted by Crippen LogP contribution is 2.32. The van der Waals surface area contributed by atoms with Gasteiger partial charge >= 0.3 is 0 Å². The van der Waals surface area contributed by atoms with Gasteiger partial charge in [-0.05, 0) is 36.2 Å². The van der Waals surface area contributed by atoms with Crippen molar-refractivity contribution in [3.63, 3.8) is 0 Å². The summed E-state index contributed by atoms with van der Waals surface area (Å²) in [5, 5.41) is 1.06. The number of halogens is 2. The minimum Gasteiger partial charge on any atom is -0.486 e. The summed E-state index contributed by atoms with van der Waals surface area (Å²) in [5.74, 6) is 0.984. The van der Waals surface area contributed by atoms with Gasteiger partial charge in [0.1, 0.15) is 13.2 Å². The van der Waals surface area contributed by atoms with E-state index in [0.717, 1.165) is 5.56 Å². The lowest BCUT2D eigenvalue weighted by Crippen LogP contribution is -2.26. The molecule has 0 saturated carbocycles. The SMILES string of the molecule is O=S(=O)(NCCc1ccc(Cl)cc1Cl)c1ccc2c(c1)OCCO2. The van der Waals surface area contributed by atoms with Crippen LogP contribution in [0, 0.1) is 0 Å². The molecule has 0 fully saturated rings. The lowest BCUT2D eigenvalue weighted by Gasteiger charge is -2.19. The van der Waals surface area contributed by atoms with Crippen LogP contribution in [0.1, 0.15) is 5.56 Å². The van der Waals surface area contributed by atoms with Gasteiger partial charge in [-0.2, -0.15) is 0 Å². The molecular weight excluding hydrogens is 373 g/mol. The summed E-state index contributed by atoms with van der Waals surface area (Å²) >= 11 is 11.9. The van der Waals surface area contributed by atoms with E-state index in [4.69, 9.17) is 32.7 Å². The fraction of sp³-hybridized carbons (Fsp3) is 0.250. The fourth-order valence-electron chi connectivity index (χ4n) is 2.32. The van der Waals surface area contributed by atoms with Crippen molar-refractivity contribution in [2.75, 3.05) is 19.8 Å². The van der Waals surface area contributed by atoms with Gasteiger partial charge in [0.05, 0.1) is 4.90 Å². The quantitative estimate of drug-likeness (QED) is 0.854. The van der Waals surface area contributed by atoms with Gasteiger partial charge in [0.2, 0.25) is 10.0 Å². The molecule has 3 rings (SSSR count). The predicted octanol–water partition coefficient (Wildman–Crippen LogP) is 3.29. The Morgan fingerprint density at radius 1 is 1.00 bits per heavy atom. The molecule has 0 saturated heterocycles. The Morgan fingerprint density at radius 2 is 1.75 bits per heavy atom. The molecule has 1 heterocycles. The molecule has 2 aromatic carbocycles. The fourth-order valence-corrected chi connectivity index (χ4v) is 3.87. The molecule has 0 amide bonds. The van der Waals surface area contributed by atoms with Crippen LogP contribution in [0.3, 0.4) is 0 Å². The molecule has 1 aliphatic heterocycles. The lowest BCUT2D eigenvalue weighted by atomic mass is 10.1. The first-order chi connectivity index (χ1) is 11.5. The number of hydrogen-bond acceptors (Lipinski definition) is 4. The number of rotatable bonds is 5. The van der Waals surface area contributed by atoms with Crippen molar-refractivity contribution in [2.24, 2.45) is 0 Å². The third-order valence-electron chi connectivity index (χ3n) is 3.53. The molecule has 1 aliphatic rings. The van der Waals surface area contributed by atoms with Gasteiger partial charge in [-0.3, -0.25) is 0 Å². The molecule has 0 bridgehead atoms. The Hall–Kier alpha value is -1.47. The van der Waals surface area contributed by atoms with E-state index in [1.54, 1.807) is 24.3 Å².